The Balaban J connectivity index is 1.67. The van der Waals surface area contributed by atoms with E-state index in [1.807, 2.05) is 6.07 Å². The highest BCUT2D eigenvalue weighted by Gasteiger charge is 2.20. The standard InChI is InChI=1S/C18H20N2O3/c1-12-4-5-15-13(9-12)6-7-20-16(15)10-17(19-18(20)21)23-11-14-3-2-8-22-14/h4-5,9-10,14H,2-3,6-8,11H2,1H3. The Bertz CT molecular complexity index is 791. The molecule has 3 heterocycles. The second kappa shape index (κ2) is 5.81. The molecule has 5 heteroatoms. The van der Waals surface area contributed by atoms with Crippen LogP contribution >= 0.6 is 0 Å². The molecule has 2 aliphatic heterocycles. The molecule has 0 aliphatic carbocycles. The number of aromatic nitrogens is 2. The van der Waals surface area contributed by atoms with Gasteiger partial charge in [-0.15, -0.1) is 0 Å². The van der Waals surface area contributed by atoms with E-state index in [1.54, 1.807) is 4.57 Å². The first-order chi connectivity index (χ1) is 11.2. The number of ether oxygens (including phenoxy) is 2. The zero-order valence-electron chi connectivity index (χ0n) is 13.2. The highest BCUT2D eigenvalue weighted by Crippen LogP contribution is 2.30. The van der Waals surface area contributed by atoms with Gasteiger partial charge in [0.1, 0.15) is 6.61 Å². The second-order valence-corrected chi connectivity index (χ2v) is 6.27. The van der Waals surface area contributed by atoms with E-state index in [-0.39, 0.29) is 11.8 Å². The molecule has 0 bridgehead atoms. The molecule has 2 aromatic rings. The molecule has 1 aromatic carbocycles. The van der Waals surface area contributed by atoms with E-state index in [0.29, 0.717) is 19.0 Å². The molecule has 1 atom stereocenters. The summed E-state index contributed by atoms with van der Waals surface area (Å²) < 4.78 is 13.0. The smallest absolute Gasteiger partial charge is 0.351 e. The van der Waals surface area contributed by atoms with Crippen molar-refractivity contribution in [3.8, 4) is 17.1 Å². The van der Waals surface area contributed by atoms with Gasteiger partial charge in [-0.2, -0.15) is 4.98 Å². The molecule has 0 amide bonds. The molecule has 1 aromatic heterocycles. The Hall–Kier alpha value is -2.14. The van der Waals surface area contributed by atoms with E-state index in [0.717, 1.165) is 37.1 Å². The summed E-state index contributed by atoms with van der Waals surface area (Å²) in [6.07, 6.45) is 3.06. The average molecular weight is 312 g/mol. The lowest BCUT2D eigenvalue weighted by molar-refractivity contribution is 0.0661. The van der Waals surface area contributed by atoms with Crippen LogP contribution in [0.15, 0.2) is 29.1 Å². The number of benzene rings is 1. The largest absolute Gasteiger partial charge is 0.475 e. The van der Waals surface area contributed by atoms with E-state index in [4.69, 9.17) is 9.47 Å². The topological polar surface area (TPSA) is 53.4 Å². The molecular weight excluding hydrogens is 292 g/mol. The lowest BCUT2D eigenvalue weighted by atomic mass is 9.96. The predicted octanol–water partition coefficient (Wildman–Crippen LogP) is 2.33. The molecule has 2 aliphatic rings. The minimum absolute atomic E-state index is 0.116. The van der Waals surface area contributed by atoms with Crippen molar-refractivity contribution in [2.45, 2.75) is 38.8 Å². The molecular formula is C18H20N2O3. The third-order valence-corrected chi connectivity index (χ3v) is 4.57. The Kier molecular flexibility index (Phi) is 3.65. The van der Waals surface area contributed by atoms with Crippen LogP contribution in [0.25, 0.3) is 11.3 Å². The van der Waals surface area contributed by atoms with Crippen molar-refractivity contribution in [1.29, 1.82) is 0 Å². The van der Waals surface area contributed by atoms with Gasteiger partial charge in [0.15, 0.2) is 0 Å². The van der Waals surface area contributed by atoms with Gasteiger partial charge in [-0.1, -0.05) is 23.8 Å². The van der Waals surface area contributed by atoms with Gasteiger partial charge in [-0.05, 0) is 31.7 Å². The first-order valence-corrected chi connectivity index (χ1v) is 8.17. The van der Waals surface area contributed by atoms with E-state index in [2.05, 4.69) is 30.1 Å². The molecule has 23 heavy (non-hydrogen) atoms. The van der Waals surface area contributed by atoms with Crippen LogP contribution in [-0.4, -0.2) is 28.9 Å². The van der Waals surface area contributed by atoms with Gasteiger partial charge in [0.2, 0.25) is 5.88 Å². The lowest BCUT2D eigenvalue weighted by Crippen LogP contribution is -2.29. The van der Waals surface area contributed by atoms with Gasteiger partial charge in [-0.3, -0.25) is 4.57 Å². The van der Waals surface area contributed by atoms with Crippen molar-refractivity contribution in [2.75, 3.05) is 13.2 Å². The minimum atomic E-state index is -0.240. The number of fused-ring (bicyclic) bond motifs is 3. The number of hydrogen-bond acceptors (Lipinski definition) is 4. The SMILES string of the molecule is Cc1ccc2c(c1)CCn1c-2cc(OCC2CCCO2)nc1=O. The molecule has 0 saturated carbocycles. The summed E-state index contributed by atoms with van der Waals surface area (Å²) in [6.45, 7) is 4.01. The van der Waals surface area contributed by atoms with E-state index >= 15 is 0 Å². The maximum atomic E-state index is 12.3. The van der Waals surface area contributed by atoms with Crippen LogP contribution in [0.5, 0.6) is 5.88 Å². The lowest BCUT2D eigenvalue weighted by Gasteiger charge is -2.22. The fraction of sp³-hybridized carbons (Fsp3) is 0.444. The fourth-order valence-corrected chi connectivity index (χ4v) is 3.36. The second-order valence-electron chi connectivity index (χ2n) is 6.27. The van der Waals surface area contributed by atoms with E-state index < -0.39 is 0 Å². The molecule has 0 N–H and O–H groups in total. The normalized spacial score (nSPS) is 19.3. The molecule has 1 saturated heterocycles. The zero-order chi connectivity index (χ0) is 15.8. The summed E-state index contributed by atoms with van der Waals surface area (Å²) in [6, 6.07) is 8.23. The van der Waals surface area contributed by atoms with Crippen LogP contribution in [0, 0.1) is 6.92 Å². The summed E-state index contributed by atoms with van der Waals surface area (Å²) in [5.41, 5.74) is 4.28. The van der Waals surface area contributed by atoms with Crippen molar-refractivity contribution in [2.24, 2.45) is 0 Å². The van der Waals surface area contributed by atoms with Crippen molar-refractivity contribution >= 4 is 0 Å². The quantitative estimate of drug-likeness (QED) is 0.873. The first-order valence-electron chi connectivity index (χ1n) is 8.17. The molecule has 0 spiro atoms. The average Bonchev–Trinajstić information content (AvgIpc) is 3.06. The third-order valence-electron chi connectivity index (χ3n) is 4.57. The summed E-state index contributed by atoms with van der Waals surface area (Å²) in [4.78, 5) is 16.4. The zero-order valence-corrected chi connectivity index (χ0v) is 13.2. The summed E-state index contributed by atoms with van der Waals surface area (Å²) in [5.74, 6) is 0.394. The number of hydrogen-bond donors (Lipinski definition) is 0. The molecule has 1 fully saturated rings. The van der Waals surface area contributed by atoms with Crippen LogP contribution in [-0.2, 0) is 17.7 Å². The summed E-state index contributed by atoms with van der Waals surface area (Å²) >= 11 is 0. The van der Waals surface area contributed by atoms with Crippen LogP contribution in [0.3, 0.4) is 0 Å². The predicted molar refractivity (Wildman–Crippen MR) is 86.8 cm³/mol. The molecule has 120 valence electrons. The van der Waals surface area contributed by atoms with Gasteiger partial charge in [0.25, 0.3) is 0 Å². The van der Waals surface area contributed by atoms with Crippen molar-refractivity contribution in [1.82, 2.24) is 9.55 Å². The van der Waals surface area contributed by atoms with Crippen LogP contribution in [0.1, 0.15) is 24.0 Å². The highest BCUT2D eigenvalue weighted by molar-refractivity contribution is 5.66. The van der Waals surface area contributed by atoms with Gasteiger partial charge < -0.3 is 9.47 Å². The number of aryl methyl sites for hydroxylation is 2. The molecule has 5 nitrogen and oxygen atoms in total. The van der Waals surface area contributed by atoms with E-state index in [1.165, 1.54) is 11.1 Å². The maximum absolute atomic E-state index is 12.3. The van der Waals surface area contributed by atoms with Crippen molar-refractivity contribution in [3.05, 3.63) is 45.9 Å². The Morgan fingerprint density at radius 1 is 1.39 bits per heavy atom. The monoisotopic (exact) mass is 312 g/mol. The van der Waals surface area contributed by atoms with Crippen LogP contribution < -0.4 is 10.4 Å². The van der Waals surface area contributed by atoms with Crippen molar-refractivity contribution < 1.29 is 9.47 Å². The van der Waals surface area contributed by atoms with Crippen LogP contribution in [0.2, 0.25) is 0 Å². The Labute approximate surface area is 134 Å². The first kappa shape index (κ1) is 14.5. The fourth-order valence-electron chi connectivity index (χ4n) is 3.36. The third kappa shape index (κ3) is 2.77. The molecule has 4 rings (SSSR count). The Morgan fingerprint density at radius 3 is 3.13 bits per heavy atom. The summed E-state index contributed by atoms with van der Waals surface area (Å²) in [7, 11) is 0. The molecule has 1 unspecified atom stereocenters. The Morgan fingerprint density at radius 2 is 2.30 bits per heavy atom. The van der Waals surface area contributed by atoms with Gasteiger partial charge in [-0.25, -0.2) is 4.79 Å². The van der Waals surface area contributed by atoms with Gasteiger partial charge >= 0.3 is 5.69 Å². The summed E-state index contributed by atoms with van der Waals surface area (Å²) in [5, 5.41) is 0. The van der Waals surface area contributed by atoms with Gasteiger partial charge in [0, 0.05) is 24.8 Å². The van der Waals surface area contributed by atoms with Crippen LogP contribution in [0.4, 0.5) is 0 Å². The maximum Gasteiger partial charge on any atom is 0.351 e. The van der Waals surface area contributed by atoms with Gasteiger partial charge in [0.05, 0.1) is 11.8 Å². The highest BCUT2D eigenvalue weighted by atomic mass is 16.5. The van der Waals surface area contributed by atoms with Crippen molar-refractivity contribution in [3.63, 3.8) is 0 Å². The van der Waals surface area contributed by atoms with E-state index in [9.17, 15) is 4.79 Å². The number of nitrogens with zero attached hydrogens (tertiary/aromatic N) is 2. The molecule has 0 radical (unpaired) electrons. The number of rotatable bonds is 3. The minimum Gasteiger partial charge on any atom is -0.475 e.